The van der Waals surface area contributed by atoms with Gasteiger partial charge < -0.3 is 14.7 Å². The third kappa shape index (κ3) is 3.76. The summed E-state index contributed by atoms with van der Waals surface area (Å²) in [5, 5.41) is 0. The largest absolute Gasteiger partial charge is 0.368 e. The fraction of sp³-hybridized carbons (Fsp3) is 0.524. The molecule has 2 aromatic rings. The van der Waals surface area contributed by atoms with Gasteiger partial charge >= 0.3 is 0 Å². The van der Waals surface area contributed by atoms with Crippen molar-refractivity contribution >= 4 is 17.5 Å². The van der Waals surface area contributed by atoms with Crippen molar-refractivity contribution in [2.24, 2.45) is 5.92 Å². The van der Waals surface area contributed by atoms with Crippen molar-refractivity contribution in [2.45, 2.75) is 26.7 Å². The topological polar surface area (TPSA) is 35.5 Å². The van der Waals surface area contributed by atoms with E-state index in [1.54, 1.807) is 0 Å². The minimum atomic E-state index is 0.821. The van der Waals surface area contributed by atoms with Gasteiger partial charge in [0.2, 0.25) is 5.95 Å². The number of piperidine rings is 1. The molecular formula is C21H29N5. The molecule has 26 heavy (non-hydrogen) atoms. The first-order valence-corrected chi connectivity index (χ1v) is 9.84. The fourth-order valence-corrected chi connectivity index (χ4v) is 3.88. The first-order chi connectivity index (χ1) is 12.7. The SMILES string of the molecule is Cc1cc(N2CCN(c3ccccc3)CC2)nc(N2CCC(C)CC2)n1. The zero-order valence-corrected chi connectivity index (χ0v) is 15.9. The lowest BCUT2D eigenvalue weighted by Gasteiger charge is -2.37. The standard InChI is InChI=1S/C21H29N5/c1-17-8-10-26(11-9-17)21-22-18(2)16-20(23-21)25-14-12-24(13-15-25)19-6-4-3-5-7-19/h3-7,16-17H,8-15H2,1-2H3. The number of piperazine rings is 1. The van der Waals surface area contributed by atoms with Crippen molar-refractivity contribution < 1.29 is 0 Å². The Bertz CT molecular complexity index is 716. The van der Waals surface area contributed by atoms with Gasteiger partial charge in [-0.05, 0) is 37.8 Å². The van der Waals surface area contributed by atoms with E-state index in [-0.39, 0.29) is 0 Å². The second-order valence-electron chi connectivity index (χ2n) is 7.65. The van der Waals surface area contributed by atoms with Crippen molar-refractivity contribution in [2.75, 3.05) is 54.0 Å². The highest BCUT2D eigenvalue weighted by atomic mass is 15.3. The van der Waals surface area contributed by atoms with Gasteiger partial charge in [0, 0.05) is 56.7 Å². The van der Waals surface area contributed by atoms with Crippen molar-refractivity contribution in [1.82, 2.24) is 9.97 Å². The Hall–Kier alpha value is -2.30. The number of benzene rings is 1. The molecule has 0 amide bonds. The Morgan fingerprint density at radius 3 is 2.15 bits per heavy atom. The number of nitrogens with zero attached hydrogens (tertiary/aromatic N) is 5. The average molecular weight is 351 g/mol. The van der Waals surface area contributed by atoms with E-state index in [1.807, 2.05) is 0 Å². The molecule has 5 nitrogen and oxygen atoms in total. The molecule has 2 fully saturated rings. The van der Waals surface area contributed by atoms with Crippen molar-refractivity contribution in [3.8, 4) is 0 Å². The summed E-state index contributed by atoms with van der Waals surface area (Å²) in [5.74, 6) is 2.82. The monoisotopic (exact) mass is 351 g/mol. The molecule has 2 aliphatic heterocycles. The molecule has 0 atom stereocenters. The second-order valence-corrected chi connectivity index (χ2v) is 7.65. The van der Waals surface area contributed by atoms with Gasteiger partial charge in [0.25, 0.3) is 0 Å². The van der Waals surface area contributed by atoms with Gasteiger partial charge in [-0.15, -0.1) is 0 Å². The first kappa shape index (κ1) is 17.1. The summed E-state index contributed by atoms with van der Waals surface area (Å²) in [6.07, 6.45) is 2.48. The maximum atomic E-state index is 4.93. The molecule has 3 heterocycles. The van der Waals surface area contributed by atoms with Crippen molar-refractivity contribution in [3.05, 3.63) is 42.1 Å². The van der Waals surface area contributed by atoms with Gasteiger partial charge in [0.15, 0.2) is 0 Å². The van der Waals surface area contributed by atoms with Crippen LogP contribution in [0.2, 0.25) is 0 Å². The van der Waals surface area contributed by atoms with Gasteiger partial charge in [-0.3, -0.25) is 0 Å². The highest BCUT2D eigenvalue weighted by Gasteiger charge is 2.22. The summed E-state index contributed by atoms with van der Waals surface area (Å²) in [5.41, 5.74) is 2.38. The van der Waals surface area contributed by atoms with Crippen LogP contribution in [0.5, 0.6) is 0 Å². The lowest BCUT2D eigenvalue weighted by molar-refractivity contribution is 0.434. The lowest BCUT2D eigenvalue weighted by Crippen LogP contribution is -2.47. The van der Waals surface area contributed by atoms with E-state index in [2.05, 4.69) is 64.9 Å². The van der Waals surface area contributed by atoms with Gasteiger partial charge in [0.05, 0.1) is 0 Å². The van der Waals surface area contributed by atoms with Crippen LogP contribution in [0.4, 0.5) is 17.5 Å². The number of hydrogen-bond acceptors (Lipinski definition) is 5. The molecule has 1 aromatic carbocycles. The molecule has 0 saturated carbocycles. The van der Waals surface area contributed by atoms with Gasteiger partial charge in [-0.25, -0.2) is 4.98 Å². The van der Waals surface area contributed by atoms with Crippen LogP contribution >= 0.6 is 0 Å². The zero-order valence-electron chi connectivity index (χ0n) is 15.9. The first-order valence-electron chi connectivity index (χ1n) is 9.84. The highest BCUT2D eigenvalue weighted by molar-refractivity contribution is 5.51. The van der Waals surface area contributed by atoms with Gasteiger partial charge in [0.1, 0.15) is 5.82 Å². The van der Waals surface area contributed by atoms with E-state index >= 15 is 0 Å². The Labute approximate surface area is 156 Å². The molecule has 0 bridgehead atoms. The summed E-state index contributed by atoms with van der Waals surface area (Å²) in [4.78, 5) is 16.9. The van der Waals surface area contributed by atoms with Crippen LogP contribution in [0, 0.1) is 12.8 Å². The molecule has 0 aliphatic carbocycles. The number of aromatic nitrogens is 2. The number of para-hydroxylation sites is 1. The molecule has 2 aliphatic rings. The average Bonchev–Trinajstić information content (AvgIpc) is 2.69. The van der Waals surface area contributed by atoms with Gasteiger partial charge in [-0.2, -0.15) is 4.98 Å². The van der Waals surface area contributed by atoms with Crippen LogP contribution < -0.4 is 14.7 Å². The summed E-state index contributed by atoms with van der Waals surface area (Å²) >= 11 is 0. The number of hydrogen-bond donors (Lipinski definition) is 0. The van der Waals surface area contributed by atoms with E-state index in [4.69, 9.17) is 9.97 Å². The third-order valence-electron chi connectivity index (χ3n) is 5.62. The molecule has 5 heteroatoms. The highest BCUT2D eigenvalue weighted by Crippen LogP contribution is 2.24. The van der Waals surface area contributed by atoms with Crippen LogP contribution in [-0.4, -0.2) is 49.2 Å². The summed E-state index contributed by atoms with van der Waals surface area (Å²) in [7, 11) is 0. The van der Waals surface area contributed by atoms with Gasteiger partial charge in [-0.1, -0.05) is 25.1 Å². The Kier molecular flexibility index (Phi) is 4.96. The number of rotatable bonds is 3. The molecule has 0 radical (unpaired) electrons. The zero-order chi connectivity index (χ0) is 17.9. The number of anilines is 3. The predicted molar refractivity (Wildman–Crippen MR) is 108 cm³/mol. The minimum absolute atomic E-state index is 0.821. The van der Waals surface area contributed by atoms with Crippen molar-refractivity contribution in [1.29, 1.82) is 0 Å². The van der Waals surface area contributed by atoms with E-state index in [1.165, 1.54) is 18.5 Å². The lowest BCUT2D eigenvalue weighted by atomic mass is 10.00. The molecule has 138 valence electrons. The van der Waals surface area contributed by atoms with Crippen LogP contribution in [-0.2, 0) is 0 Å². The van der Waals surface area contributed by atoms with Crippen molar-refractivity contribution in [3.63, 3.8) is 0 Å². The number of aryl methyl sites for hydroxylation is 1. The van der Waals surface area contributed by atoms with Crippen LogP contribution in [0.3, 0.4) is 0 Å². The Morgan fingerprint density at radius 2 is 1.46 bits per heavy atom. The van der Waals surface area contributed by atoms with E-state index in [9.17, 15) is 0 Å². The molecule has 4 rings (SSSR count). The normalized spacial score (nSPS) is 19.1. The van der Waals surface area contributed by atoms with E-state index in [0.717, 1.165) is 62.6 Å². The van der Waals surface area contributed by atoms with E-state index < -0.39 is 0 Å². The maximum Gasteiger partial charge on any atom is 0.227 e. The molecular weight excluding hydrogens is 322 g/mol. The Balaban J connectivity index is 1.45. The molecule has 1 aromatic heterocycles. The Morgan fingerprint density at radius 1 is 0.808 bits per heavy atom. The maximum absolute atomic E-state index is 4.93. The minimum Gasteiger partial charge on any atom is -0.368 e. The molecule has 0 spiro atoms. The van der Waals surface area contributed by atoms with Crippen LogP contribution in [0.25, 0.3) is 0 Å². The molecule has 0 N–H and O–H groups in total. The third-order valence-corrected chi connectivity index (χ3v) is 5.62. The van der Waals surface area contributed by atoms with Crippen LogP contribution in [0.15, 0.2) is 36.4 Å². The predicted octanol–water partition coefficient (Wildman–Crippen LogP) is 3.35. The summed E-state index contributed by atoms with van der Waals surface area (Å²) < 4.78 is 0. The molecule has 2 saturated heterocycles. The second kappa shape index (κ2) is 7.52. The quantitative estimate of drug-likeness (QED) is 0.847. The summed E-state index contributed by atoms with van der Waals surface area (Å²) in [6, 6.07) is 12.8. The summed E-state index contributed by atoms with van der Waals surface area (Å²) in [6.45, 7) is 10.6. The fourth-order valence-electron chi connectivity index (χ4n) is 3.88. The van der Waals surface area contributed by atoms with E-state index in [0.29, 0.717) is 0 Å². The molecule has 0 unspecified atom stereocenters. The van der Waals surface area contributed by atoms with Crippen LogP contribution in [0.1, 0.15) is 25.5 Å². The smallest absolute Gasteiger partial charge is 0.227 e.